The SMILES string of the molecule is CCC(C)(C)CCCBr.CCC(C)(C)CCCN.CCC(C)(C)CCCN1C(=O)c2ccccc2C1=O. The van der Waals surface area contributed by atoms with E-state index in [1.807, 2.05) is 0 Å². The zero-order chi connectivity index (χ0) is 28.7. The van der Waals surface area contributed by atoms with Crippen LogP contribution in [-0.2, 0) is 0 Å². The van der Waals surface area contributed by atoms with E-state index in [1.165, 1.54) is 43.4 Å². The molecule has 0 aliphatic carbocycles. The third-order valence-electron chi connectivity index (χ3n) is 8.03. The topological polar surface area (TPSA) is 63.4 Å². The second kappa shape index (κ2) is 17.4. The van der Waals surface area contributed by atoms with E-state index in [0.717, 1.165) is 31.1 Å². The van der Waals surface area contributed by atoms with E-state index in [4.69, 9.17) is 5.73 Å². The van der Waals surface area contributed by atoms with Gasteiger partial charge >= 0.3 is 0 Å². The van der Waals surface area contributed by atoms with Crippen LogP contribution in [0.15, 0.2) is 24.3 Å². The molecule has 2 rings (SSSR count). The number of alkyl halides is 1. The summed E-state index contributed by atoms with van der Waals surface area (Å²) in [7, 11) is 0. The summed E-state index contributed by atoms with van der Waals surface area (Å²) in [6.07, 6.45) is 10.6. The average molecular weight is 582 g/mol. The van der Waals surface area contributed by atoms with Gasteiger partial charge in [-0.1, -0.05) is 110 Å². The van der Waals surface area contributed by atoms with Crippen LogP contribution in [0.4, 0.5) is 0 Å². The molecular weight excluding hydrogens is 524 g/mol. The maximum Gasteiger partial charge on any atom is 0.261 e. The minimum atomic E-state index is -0.144. The number of carbonyl (C=O) groups is 2. The van der Waals surface area contributed by atoms with Gasteiger partial charge in [-0.05, 0) is 73.4 Å². The van der Waals surface area contributed by atoms with Crippen molar-refractivity contribution in [1.82, 2.24) is 4.90 Å². The number of amides is 2. The number of imide groups is 1. The molecule has 4 nitrogen and oxygen atoms in total. The monoisotopic (exact) mass is 580 g/mol. The number of rotatable bonds is 13. The second-order valence-corrected chi connectivity index (χ2v) is 13.4. The second-order valence-electron chi connectivity index (χ2n) is 12.6. The number of carbonyl (C=O) groups excluding carboxylic acids is 2. The van der Waals surface area contributed by atoms with Gasteiger partial charge in [-0.15, -0.1) is 0 Å². The predicted molar refractivity (Wildman–Crippen MR) is 165 cm³/mol. The first-order chi connectivity index (χ1) is 17.2. The lowest BCUT2D eigenvalue weighted by Crippen LogP contribution is -2.31. The number of hydrogen-bond donors (Lipinski definition) is 1. The number of halogens is 1. The van der Waals surface area contributed by atoms with Gasteiger partial charge in [0.05, 0.1) is 11.1 Å². The molecule has 0 unspecified atom stereocenters. The van der Waals surface area contributed by atoms with Crippen molar-refractivity contribution in [3.63, 3.8) is 0 Å². The Balaban J connectivity index is 0.000000606. The molecule has 1 aromatic rings. The van der Waals surface area contributed by atoms with Crippen molar-refractivity contribution in [2.24, 2.45) is 22.0 Å². The molecule has 1 heterocycles. The normalized spacial score (nSPS) is 13.5. The predicted octanol–water partition coefficient (Wildman–Crippen LogP) is 9.26. The van der Waals surface area contributed by atoms with E-state index in [-0.39, 0.29) is 17.2 Å². The fourth-order valence-electron chi connectivity index (χ4n) is 3.81. The molecule has 37 heavy (non-hydrogen) atoms. The van der Waals surface area contributed by atoms with Gasteiger partial charge in [0.15, 0.2) is 0 Å². The maximum absolute atomic E-state index is 12.1. The summed E-state index contributed by atoms with van der Waals surface area (Å²) in [6.45, 7) is 21.7. The molecule has 0 saturated carbocycles. The van der Waals surface area contributed by atoms with Gasteiger partial charge < -0.3 is 5.73 Å². The summed E-state index contributed by atoms with van der Waals surface area (Å²) < 4.78 is 0. The molecule has 5 heteroatoms. The van der Waals surface area contributed by atoms with Crippen molar-refractivity contribution in [3.05, 3.63) is 35.4 Å². The Bertz CT molecular complexity index is 747. The fraction of sp³-hybridized carbons (Fsp3) is 0.750. The molecule has 1 aliphatic rings. The van der Waals surface area contributed by atoms with Crippen molar-refractivity contribution in [1.29, 1.82) is 0 Å². The Morgan fingerprint density at radius 2 is 1.08 bits per heavy atom. The lowest BCUT2D eigenvalue weighted by Gasteiger charge is -2.23. The molecule has 1 aromatic carbocycles. The van der Waals surface area contributed by atoms with Gasteiger partial charge in [-0.3, -0.25) is 14.5 Å². The largest absolute Gasteiger partial charge is 0.330 e. The quantitative estimate of drug-likeness (QED) is 0.187. The van der Waals surface area contributed by atoms with Crippen LogP contribution < -0.4 is 5.73 Å². The number of benzene rings is 1. The molecule has 2 amide bonds. The van der Waals surface area contributed by atoms with Crippen LogP contribution in [0.3, 0.4) is 0 Å². The van der Waals surface area contributed by atoms with Gasteiger partial charge in [0.25, 0.3) is 11.8 Å². The van der Waals surface area contributed by atoms with Crippen LogP contribution in [0.2, 0.25) is 0 Å². The molecule has 0 fully saturated rings. The molecule has 0 saturated heterocycles. The number of nitrogens with zero attached hydrogens (tertiary/aromatic N) is 1. The highest BCUT2D eigenvalue weighted by Gasteiger charge is 2.34. The van der Waals surface area contributed by atoms with E-state index >= 15 is 0 Å². The van der Waals surface area contributed by atoms with E-state index in [9.17, 15) is 9.59 Å². The summed E-state index contributed by atoms with van der Waals surface area (Å²) >= 11 is 3.43. The lowest BCUT2D eigenvalue weighted by molar-refractivity contribution is 0.0646. The van der Waals surface area contributed by atoms with Crippen LogP contribution in [0.1, 0.15) is 141 Å². The summed E-state index contributed by atoms with van der Waals surface area (Å²) in [5, 5.41) is 1.15. The minimum Gasteiger partial charge on any atom is -0.330 e. The van der Waals surface area contributed by atoms with Crippen LogP contribution in [0.25, 0.3) is 0 Å². The fourth-order valence-corrected chi connectivity index (χ4v) is 4.09. The molecular formula is C32H57BrN2O2. The first-order valence-electron chi connectivity index (χ1n) is 14.4. The summed E-state index contributed by atoms with van der Waals surface area (Å²) in [6, 6.07) is 7.05. The number of fused-ring (bicyclic) bond motifs is 1. The zero-order valence-corrected chi connectivity index (χ0v) is 27.1. The molecule has 0 bridgehead atoms. The lowest BCUT2D eigenvalue weighted by atomic mass is 9.85. The highest BCUT2D eigenvalue weighted by molar-refractivity contribution is 9.09. The van der Waals surface area contributed by atoms with Crippen LogP contribution in [0.5, 0.6) is 0 Å². The minimum absolute atomic E-state index is 0.144. The van der Waals surface area contributed by atoms with Crippen molar-refractivity contribution in [2.75, 3.05) is 18.4 Å². The molecule has 0 spiro atoms. The van der Waals surface area contributed by atoms with Crippen LogP contribution >= 0.6 is 15.9 Å². The standard InChI is InChI=1S/C16H21NO2.C8H17Br.C8H19N/c1-4-16(2,3)10-7-11-17-14(18)12-8-5-6-9-13(12)15(17)19;2*1-4-8(2,3)6-5-7-9/h5-6,8-9H,4,7,10-11H2,1-3H3;4-7H2,1-3H3;4-7,9H2,1-3H3. The zero-order valence-electron chi connectivity index (χ0n) is 25.5. The maximum atomic E-state index is 12.1. The Morgan fingerprint density at radius 3 is 1.43 bits per heavy atom. The first kappa shape index (κ1) is 35.8. The van der Waals surface area contributed by atoms with E-state index in [0.29, 0.717) is 28.5 Å². The van der Waals surface area contributed by atoms with Gasteiger partial charge in [0.1, 0.15) is 0 Å². The van der Waals surface area contributed by atoms with Crippen LogP contribution in [0, 0.1) is 16.2 Å². The number of nitrogens with two attached hydrogens (primary N) is 1. The van der Waals surface area contributed by atoms with Crippen molar-refractivity contribution >= 4 is 27.7 Å². The molecule has 214 valence electrons. The molecule has 2 N–H and O–H groups in total. The summed E-state index contributed by atoms with van der Waals surface area (Å²) in [4.78, 5) is 25.7. The molecule has 0 radical (unpaired) electrons. The first-order valence-corrected chi connectivity index (χ1v) is 15.5. The Morgan fingerprint density at radius 1 is 0.703 bits per heavy atom. The van der Waals surface area contributed by atoms with Crippen molar-refractivity contribution in [3.8, 4) is 0 Å². The van der Waals surface area contributed by atoms with Crippen molar-refractivity contribution < 1.29 is 9.59 Å². The van der Waals surface area contributed by atoms with E-state index in [2.05, 4.69) is 78.2 Å². The van der Waals surface area contributed by atoms with Crippen molar-refractivity contribution in [2.45, 2.75) is 120 Å². The Kier molecular flexibility index (Phi) is 16.8. The third kappa shape index (κ3) is 14.0. The van der Waals surface area contributed by atoms with Gasteiger partial charge in [0, 0.05) is 11.9 Å². The van der Waals surface area contributed by atoms with Gasteiger partial charge in [0.2, 0.25) is 0 Å². The number of hydrogen-bond acceptors (Lipinski definition) is 3. The summed E-state index contributed by atoms with van der Waals surface area (Å²) in [5.74, 6) is -0.287. The van der Waals surface area contributed by atoms with E-state index in [1.54, 1.807) is 24.3 Å². The molecule has 1 aliphatic heterocycles. The van der Waals surface area contributed by atoms with Gasteiger partial charge in [-0.25, -0.2) is 0 Å². The smallest absolute Gasteiger partial charge is 0.261 e. The third-order valence-corrected chi connectivity index (χ3v) is 8.59. The Labute approximate surface area is 237 Å². The highest BCUT2D eigenvalue weighted by Crippen LogP contribution is 2.28. The highest BCUT2D eigenvalue weighted by atomic mass is 79.9. The Hall–Kier alpha value is -1.20. The van der Waals surface area contributed by atoms with E-state index < -0.39 is 0 Å². The summed E-state index contributed by atoms with van der Waals surface area (Å²) in [5.41, 5.74) is 7.83. The molecule has 0 atom stereocenters. The average Bonchev–Trinajstić information content (AvgIpc) is 3.12. The van der Waals surface area contributed by atoms with Crippen LogP contribution in [-0.4, -0.2) is 35.1 Å². The van der Waals surface area contributed by atoms with Gasteiger partial charge in [-0.2, -0.15) is 0 Å². The molecule has 0 aromatic heterocycles.